The number of fused-ring (bicyclic) bond motifs is 1. The van der Waals surface area contributed by atoms with Crippen molar-refractivity contribution in [3.63, 3.8) is 0 Å². The molecule has 1 atom stereocenters. The number of nitrogens with two attached hydrogens (primary N) is 1. The summed E-state index contributed by atoms with van der Waals surface area (Å²) in [5, 5.41) is 6.44. The lowest BCUT2D eigenvalue weighted by Crippen LogP contribution is -2.44. The van der Waals surface area contributed by atoms with Gasteiger partial charge in [0.1, 0.15) is 23.1 Å². The SMILES string of the molecule is CNCCc1cccc(C(Nc2ccc3c(N(C(=O)OC(C)(C)C)C(=O)OC(C)(C)C)ncc(F)c3c2)C(=O)N(C)Cc2cc(N)ccc2S(C)(=O)=O)c1. The van der Waals surface area contributed by atoms with Crippen LogP contribution in [-0.2, 0) is 37.1 Å². The van der Waals surface area contributed by atoms with Gasteiger partial charge < -0.3 is 30.7 Å². The van der Waals surface area contributed by atoms with Crippen molar-refractivity contribution >= 4 is 55.9 Å². The normalized spacial score (nSPS) is 12.6. The second kappa shape index (κ2) is 16.4. The summed E-state index contributed by atoms with van der Waals surface area (Å²) in [6.07, 6.45) is 0.529. The van der Waals surface area contributed by atoms with Gasteiger partial charge in [-0.2, -0.15) is 4.90 Å². The van der Waals surface area contributed by atoms with Crippen molar-refractivity contribution in [2.45, 2.75) is 76.6 Å². The van der Waals surface area contributed by atoms with Gasteiger partial charge in [0.2, 0.25) is 5.91 Å². The molecule has 4 aromatic rings. The number of rotatable bonds is 11. The molecule has 1 aromatic heterocycles. The second-order valence-electron chi connectivity index (χ2n) is 15.0. The molecule has 0 fully saturated rings. The number of imide groups is 1. The van der Waals surface area contributed by atoms with Gasteiger partial charge in [0, 0.05) is 42.0 Å². The van der Waals surface area contributed by atoms with Crippen LogP contribution in [0.3, 0.4) is 0 Å². The molecule has 4 rings (SSSR count). The number of sulfone groups is 1. The van der Waals surface area contributed by atoms with E-state index in [0.29, 0.717) is 40.4 Å². The van der Waals surface area contributed by atoms with Crippen LogP contribution in [0.5, 0.6) is 0 Å². The van der Waals surface area contributed by atoms with Gasteiger partial charge in [0.25, 0.3) is 0 Å². The summed E-state index contributed by atoms with van der Waals surface area (Å²) in [7, 11) is -0.244. The van der Waals surface area contributed by atoms with Gasteiger partial charge in [-0.05, 0) is 115 Å². The van der Waals surface area contributed by atoms with Crippen LogP contribution >= 0.6 is 0 Å². The van der Waals surface area contributed by atoms with Crippen LogP contribution in [0, 0.1) is 5.82 Å². The fourth-order valence-corrected chi connectivity index (χ4v) is 6.53. The van der Waals surface area contributed by atoms with Gasteiger partial charge in [-0.1, -0.05) is 24.3 Å². The molecule has 54 heavy (non-hydrogen) atoms. The van der Waals surface area contributed by atoms with Gasteiger partial charge in [0.05, 0.1) is 11.1 Å². The van der Waals surface area contributed by atoms with E-state index in [9.17, 15) is 22.8 Å². The smallest absolute Gasteiger partial charge is 0.425 e. The number of aromatic nitrogens is 1. The highest BCUT2D eigenvalue weighted by Crippen LogP contribution is 2.33. The lowest BCUT2D eigenvalue weighted by molar-refractivity contribution is -0.131. The van der Waals surface area contributed by atoms with E-state index >= 15 is 4.39 Å². The number of ether oxygens (including phenoxy) is 2. The number of pyridine rings is 1. The summed E-state index contributed by atoms with van der Waals surface area (Å²) >= 11 is 0. The molecule has 0 aliphatic rings. The zero-order chi connectivity index (χ0) is 40.2. The number of hydrogen-bond donors (Lipinski definition) is 3. The number of anilines is 3. The van der Waals surface area contributed by atoms with Crippen molar-refractivity contribution in [3.8, 4) is 0 Å². The third-order valence-electron chi connectivity index (χ3n) is 7.96. The Morgan fingerprint density at radius 3 is 2.17 bits per heavy atom. The summed E-state index contributed by atoms with van der Waals surface area (Å²) in [6.45, 7) is 10.4. The van der Waals surface area contributed by atoms with Crippen molar-refractivity contribution in [1.29, 1.82) is 0 Å². The average molecular weight is 765 g/mol. The van der Waals surface area contributed by atoms with E-state index in [1.165, 1.54) is 35.2 Å². The molecule has 0 radical (unpaired) electrons. The molecule has 0 aliphatic heterocycles. The van der Waals surface area contributed by atoms with Crippen LogP contribution in [0.15, 0.2) is 71.8 Å². The van der Waals surface area contributed by atoms with E-state index in [1.807, 2.05) is 25.2 Å². The number of likely N-dealkylation sites (N-methyl/N-ethyl adjacent to an activating group) is 2. The van der Waals surface area contributed by atoms with Gasteiger partial charge in [-0.25, -0.2) is 27.4 Å². The predicted octanol–water partition coefficient (Wildman–Crippen LogP) is 6.61. The highest BCUT2D eigenvalue weighted by Gasteiger charge is 2.35. The topological polar surface area (TPSA) is 173 Å². The molecule has 3 aromatic carbocycles. The minimum atomic E-state index is -3.64. The van der Waals surface area contributed by atoms with Crippen LogP contribution in [-0.4, -0.2) is 74.5 Å². The molecule has 13 nitrogen and oxygen atoms in total. The van der Waals surface area contributed by atoms with Gasteiger partial charge >= 0.3 is 12.2 Å². The van der Waals surface area contributed by atoms with E-state index in [-0.39, 0.29) is 28.0 Å². The maximum absolute atomic E-state index is 15.6. The number of halogens is 1. The first-order valence-electron chi connectivity index (χ1n) is 17.3. The van der Waals surface area contributed by atoms with Gasteiger partial charge in [-0.15, -0.1) is 0 Å². The summed E-state index contributed by atoms with van der Waals surface area (Å²) in [4.78, 5) is 47.4. The predicted molar refractivity (Wildman–Crippen MR) is 208 cm³/mol. The van der Waals surface area contributed by atoms with Crippen molar-refractivity contribution in [2.75, 3.05) is 42.8 Å². The Morgan fingerprint density at radius 2 is 1.57 bits per heavy atom. The molecule has 0 saturated heterocycles. The van der Waals surface area contributed by atoms with E-state index in [2.05, 4.69) is 15.6 Å². The number of carbonyl (C=O) groups is 3. The molecule has 15 heteroatoms. The first kappa shape index (κ1) is 41.5. The molecular weight excluding hydrogens is 716 g/mol. The first-order chi connectivity index (χ1) is 25.1. The third-order valence-corrected chi connectivity index (χ3v) is 9.15. The maximum atomic E-state index is 15.6. The Morgan fingerprint density at radius 1 is 0.926 bits per heavy atom. The number of nitrogens with zero attached hydrogens (tertiary/aromatic N) is 3. The minimum Gasteiger partial charge on any atom is -0.443 e. The third kappa shape index (κ3) is 10.7. The molecule has 1 unspecified atom stereocenters. The summed E-state index contributed by atoms with van der Waals surface area (Å²) in [5.41, 5.74) is 6.62. The number of nitrogen functional groups attached to an aromatic ring is 1. The molecule has 4 N–H and O–H groups in total. The Bertz CT molecular complexity index is 2120. The Balaban J connectivity index is 1.80. The quantitative estimate of drug-likeness (QED) is 0.140. The molecule has 0 aliphatic carbocycles. The lowest BCUT2D eigenvalue weighted by Gasteiger charge is -2.29. The van der Waals surface area contributed by atoms with Crippen molar-refractivity contribution in [2.24, 2.45) is 0 Å². The van der Waals surface area contributed by atoms with Crippen LogP contribution in [0.2, 0.25) is 0 Å². The monoisotopic (exact) mass is 764 g/mol. The first-order valence-corrected chi connectivity index (χ1v) is 19.1. The van der Waals surface area contributed by atoms with E-state index in [4.69, 9.17) is 15.2 Å². The largest absolute Gasteiger partial charge is 0.443 e. The van der Waals surface area contributed by atoms with Crippen molar-refractivity contribution in [1.82, 2.24) is 15.2 Å². The Kier molecular flexibility index (Phi) is 12.6. The van der Waals surface area contributed by atoms with Crippen molar-refractivity contribution in [3.05, 3.63) is 89.4 Å². The highest BCUT2D eigenvalue weighted by molar-refractivity contribution is 7.90. The number of benzene rings is 3. The summed E-state index contributed by atoms with van der Waals surface area (Å²) in [6, 6.07) is 15.4. The Labute approximate surface area is 315 Å². The van der Waals surface area contributed by atoms with Crippen LogP contribution in [0.4, 0.5) is 31.2 Å². The van der Waals surface area contributed by atoms with Gasteiger partial charge in [-0.3, -0.25) is 4.79 Å². The van der Waals surface area contributed by atoms with E-state index in [0.717, 1.165) is 18.0 Å². The number of nitrogens with one attached hydrogen (secondary N) is 2. The minimum absolute atomic E-state index is 0.0120. The standard InChI is InChI=1S/C39H49FN6O7S/c1-38(2,3)52-36(48)46(37(49)53-39(4,5)6)34-29-15-14-28(21-30(29)31(40)22-43-34)44-33(25-12-10-11-24(19-25)17-18-42-7)35(47)45(8)23-26-20-27(41)13-16-32(26)54(9,50)51/h10-16,19-22,33,42,44H,17-18,23,41H2,1-9H3. The molecular formula is C39H49FN6O7S. The lowest BCUT2D eigenvalue weighted by atomic mass is 10.00. The maximum Gasteiger partial charge on any atom is 0.425 e. The van der Waals surface area contributed by atoms with Crippen LogP contribution in [0.25, 0.3) is 10.8 Å². The zero-order valence-corrected chi connectivity index (χ0v) is 32.9. The van der Waals surface area contributed by atoms with Crippen molar-refractivity contribution < 1.29 is 36.7 Å². The summed E-state index contributed by atoms with van der Waals surface area (Å²) in [5.74, 6) is -1.38. The van der Waals surface area contributed by atoms with E-state index < -0.39 is 51.0 Å². The molecule has 3 amide bonds. The molecule has 0 saturated carbocycles. The number of hydrogen-bond acceptors (Lipinski definition) is 11. The highest BCUT2D eigenvalue weighted by atomic mass is 32.2. The summed E-state index contributed by atoms with van der Waals surface area (Å²) < 4.78 is 51.8. The fraction of sp³-hybridized carbons (Fsp3) is 0.385. The zero-order valence-electron chi connectivity index (χ0n) is 32.1. The number of amides is 3. The number of carbonyl (C=O) groups excluding carboxylic acids is 3. The van der Waals surface area contributed by atoms with Crippen LogP contribution < -0.4 is 21.3 Å². The Hall–Kier alpha value is -5.28. The van der Waals surface area contributed by atoms with E-state index in [1.54, 1.807) is 60.7 Å². The fourth-order valence-electron chi connectivity index (χ4n) is 5.61. The molecule has 0 spiro atoms. The van der Waals surface area contributed by atoms with Gasteiger partial charge in [0.15, 0.2) is 15.7 Å². The molecule has 0 bridgehead atoms. The second-order valence-corrected chi connectivity index (χ2v) is 17.0. The van der Waals surface area contributed by atoms with Crippen LogP contribution in [0.1, 0.15) is 64.3 Å². The molecule has 290 valence electrons. The molecule has 1 heterocycles. The average Bonchev–Trinajstić information content (AvgIpc) is 3.05.